The fourth-order valence-electron chi connectivity index (χ4n) is 2.07. The first-order valence-corrected chi connectivity index (χ1v) is 7.77. The molecule has 1 amide bonds. The normalized spacial score (nSPS) is 12.0. The van der Waals surface area contributed by atoms with Crippen molar-refractivity contribution in [1.82, 2.24) is 20.6 Å². The molecule has 0 fully saturated rings. The maximum Gasteiger partial charge on any atom is 0.407 e. The molecule has 1 rings (SSSR count). The van der Waals surface area contributed by atoms with Crippen LogP contribution in [0.15, 0.2) is 18.6 Å². The second-order valence-corrected chi connectivity index (χ2v) is 6.40. The Labute approximate surface area is 133 Å². The van der Waals surface area contributed by atoms with Gasteiger partial charge >= 0.3 is 6.09 Å². The molecular weight excluding hydrogens is 280 g/mol. The van der Waals surface area contributed by atoms with Crippen LogP contribution in [-0.4, -0.2) is 33.7 Å². The lowest BCUT2D eigenvalue weighted by Gasteiger charge is -2.33. The van der Waals surface area contributed by atoms with Crippen molar-refractivity contribution in [2.24, 2.45) is 0 Å². The maximum atomic E-state index is 11.8. The van der Waals surface area contributed by atoms with E-state index in [1.165, 1.54) is 6.33 Å². The topological polar surface area (TPSA) is 76.1 Å². The summed E-state index contributed by atoms with van der Waals surface area (Å²) in [6, 6.07) is 1.88. The molecule has 0 bridgehead atoms. The Hall–Kier alpha value is -1.69. The van der Waals surface area contributed by atoms with Gasteiger partial charge in [-0.15, -0.1) is 0 Å². The number of nitrogens with zero attached hydrogens (tertiary/aromatic N) is 2. The summed E-state index contributed by atoms with van der Waals surface area (Å²) in [6.45, 7) is 10.9. The summed E-state index contributed by atoms with van der Waals surface area (Å²) >= 11 is 0. The largest absolute Gasteiger partial charge is 0.444 e. The molecule has 6 heteroatoms. The van der Waals surface area contributed by atoms with Crippen LogP contribution in [0.5, 0.6) is 0 Å². The van der Waals surface area contributed by atoms with Crippen LogP contribution in [0, 0.1) is 0 Å². The molecule has 0 aromatic carbocycles. The van der Waals surface area contributed by atoms with Crippen LogP contribution in [0.4, 0.5) is 4.79 Å². The van der Waals surface area contributed by atoms with E-state index in [4.69, 9.17) is 4.74 Å². The first kappa shape index (κ1) is 18.4. The van der Waals surface area contributed by atoms with Gasteiger partial charge in [0.25, 0.3) is 0 Å². The molecular formula is C16H28N4O2. The van der Waals surface area contributed by atoms with Gasteiger partial charge < -0.3 is 15.4 Å². The minimum absolute atomic E-state index is 0.179. The number of alkyl carbamates (subject to hydrolysis) is 1. The van der Waals surface area contributed by atoms with Gasteiger partial charge in [0.1, 0.15) is 11.9 Å². The molecule has 1 heterocycles. The van der Waals surface area contributed by atoms with E-state index in [0.29, 0.717) is 13.1 Å². The van der Waals surface area contributed by atoms with Gasteiger partial charge in [0.2, 0.25) is 0 Å². The number of ether oxygens (including phenoxy) is 1. The van der Waals surface area contributed by atoms with Gasteiger partial charge in [0.15, 0.2) is 0 Å². The molecule has 0 aliphatic carbocycles. The quantitative estimate of drug-likeness (QED) is 0.810. The Kier molecular flexibility index (Phi) is 6.74. The van der Waals surface area contributed by atoms with E-state index in [2.05, 4.69) is 34.4 Å². The van der Waals surface area contributed by atoms with E-state index in [1.54, 1.807) is 6.20 Å². The third-order valence-electron chi connectivity index (χ3n) is 3.61. The molecule has 6 nitrogen and oxygen atoms in total. The predicted octanol–water partition coefficient (Wildman–Crippen LogP) is 2.65. The highest BCUT2D eigenvalue weighted by Crippen LogP contribution is 2.15. The number of hydrogen-bond acceptors (Lipinski definition) is 5. The molecule has 1 aromatic heterocycles. The van der Waals surface area contributed by atoms with E-state index in [0.717, 1.165) is 18.5 Å². The SMILES string of the molecule is CCC(CC)(CNC(=O)OC(C)(C)C)NCc1ccncn1. The average Bonchev–Trinajstić information content (AvgIpc) is 2.47. The van der Waals surface area contributed by atoms with E-state index < -0.39 is 5.60 Å². The highest BCUT2D eigenvalue weighted by atomic mass is 16.6. The maximum absolute atomic E-state index is 11.8. The molecule has 2 N–H and O–H groups in total. The van der Waals surface area contributed by atoms with Gasteiger partial charge in [0.05, 0.1) is 5.69 Å². The molecule has 0 unspecified atom stereocenters. The molecule has 0 aliphatic rings. The van der Waals surface area contributed by atoms with Crippen molar-refractivity contribution in [2.75, 3.05) is 6.54 Å². The highest BCUT2D eigenvalue weighted by Gasteiger charge is 2.27. The highest BCUT2D eigenvalue weighted by molar-refractivity contribution is 5.67. The third-order valence-corrected chi connectivity index (χ3v) is 3.61. The van der Waals surface area contributed by atoms with Crippen LogP contribution in [0.1, 0.15) is 53.2 Å². The summed E-state index contributed by atoms with van der Waals surface area (Å²) in [5.74, 6) is 0. The number of carbonyl (C=O) groups is 1. The number of aromatic nitrogens is 2. The minimum atomic E-state index is -0.487. The number of rotatable bonds is 7. The Morgan fingerprint density at radius 1 is 1.27 bits per heavy atom. The Bertz CT molecular complexity index is 453. The molecule has 0 spiro atoms. The van der Waals surface area contributed by atoms with Crippen LogP contribution < -0.4 is 10.6 Å². The summed E-state index contributed by atoms with van der Waals surface area (Å²) in [5.41, 5.74) is 0.264. The lowest BCUT2D eigenvalue weighted by atomic mass is 9.92. The summed E-state index contributed by atoms with van der Waals surface area (Å²) in [6.07, 6.45) is 4.66. The number of carbonyl (C=O) groups excluding carboxylic acids is 1. The smallest absolute Gasteiger partial charge is 0.407 e. The average molecular weight is 308 g/mol. The summed E-state index contributed by atoms with van der Waals surface area (Å²) in [4.78, 5) is 19.9. The number of nitrogens with one attached hydrogen (secondary N) is 2. The summed E-state index contributed by atoms with van der Waals surface area (Å²) in [7, 11) is 0. The van der Waals surface area contributed by atoms with Gasteiger partial charge in [0, 0.05) is 24.8 Å². The molecule has 124 valence electrons. The van der Waals surface area contributed by atoms with Crippen molar-refractivity contribution in [3.8, 4) is 0 Å². The van der Waals surface area contributed by atoms with Gasteiger partial charge in [-0.3, -0.25) is 0 Å². The fourth-order valence-corrected chi connectivity index (χ4v) is 2.07. The Morgan fingerprint density at radius 2 is 1.95 bits per heavy atom. The molecule has 0 saturated heterocycles. The van der Waals surface area contributed by atoms with Crippen molar-refractivity contribution in [1.29, 1.82) is 0 Å². The molecule has 0 radical (unpaired) electrons. The molecule has 0 saturated carbocycles. The summed E-state index contributed by atoms with van der Waals surface area (Å²) in [5, 5.41) is 6.37. The van der Waals surface area contributed by atoms with Crippen LogP contribution in [-0.2, 0) is 11.3 Å². The van der Waals surface area contributed by atoms with Crippen molar-refractivity contribution in [2.45, 2.75) is 65.1 Å². The zero-order chi connectivity index (χ0) is 16.6. The second kappa shape index (κ2) is 8.08. The van der Waals surface area contributed by atoms with Crippen molar-refractivity contribution >= 4 is 6.09 Å². The van der Waals surface area contributed by atoms with Crippen LogP contribution >= 0.6 is 0 Å². The first-order chi connectivity index (χ1) is 10.3. The Balaban J connectivity index is 2.57. The minimum Gasteiger partial charge on any atom is -0.444 e. The fraction of sp³-hybridized carbons (Fsp3) is 0.688. The van der Waals surface area contributed by atoms with Crippen LogP contribution in [0.2, 0.25) is 0 Å². The monoisotopic (exact) mass is 308 g/mol. The Morgan fingerprint density at radius 3 is 2.45 bits per heavy atom. The predicted molar refractivity (Wildman–Crippen MR) is 86.4 cm³/mol. The van der Waals surface area contributed by atoms with Crippen LogP contribution in [0.25, 0.3) is 0 Å². The summed E-state index contributed by atoms with van der Waals surface area (Å²) < 4.78 is 5.29. The molecule has 1 aromatic rings. The number of hydrogen-bond donors (Lipinski definition) is 2. The molecule has 22 heavy (non-hydrogen) atoms. The van der Waals surface area contributed by atoms with Crippen molar-refractivity contribution < 1.29 is 9.53 Å². The number of amides is 1. The lowest BCUT2D eigenvalue weighted by Crippen LogP contribution is -2.53. The third kappa shape index (κ3) is 6.39. The van der Waals surface area contributed by atoms with Crippen LogP contribution in [0.3, 0.4) is 0 Å². The van der Waals surface area contributed by atoms with Gasteiger partial charge in [-0.25, -0.2) is 14.8 Å². The van der Waals surface area contributed by atoms with E-state index in [-0.39, 0.29) is 11.6 Å². The van der Waals surface area contributed by atoms with Gasteiger partial charge in [-0.05, 0) is 39.7 Å². The zero-order valence-corrected chi connectivity index (χ0v) is 14.3. The van der Waals surface area contributed by atoms with Crippen molar-refractivity contribution in [3.05, 3.63) is 24.3 Å². The van der Waals surface area contributed by atoms with E-state index in [9.17, 15) is 4.79 Å². The first-order valence-electron chi connectivity index (χ1n) is 7.77. The van der Waals surface area contributed by atoms with E-state index >= 15 is 0 Å². The molecule has 0 aliphatic heterocycles. The standard InChI is InChI=1S/C16H28N4O2/c1-6-16(7-2,11-18-14(21)22-15(3,4)5)20-10-13-8-9-17-12-19-13/h8-9,12,20H,6-7,10-11H2,1-5H3,(H,18,21). The van der Waals surface area contributed by atoms with E-state index in [1.807, 2.05) is 26.8 Å². The van der Waals surface area contributed by atoms with Gasteiger partial charge in [-0.1, -0.05) is 13.8 Å². The molecule has 0 atom stereocenters. The lowest BCUT2D eigenvalue weighted by molar-refractivity contribution is 0.0507. The van der Waals surface area contributed by atoms with Crippen molar-refractivity contribution in [3.63, 3.8) is 0 Å². The zero-order valence-electron chi connectivity index (χ0n) is 14.3. The second-order valence-electron chi connectivity index (χ2n) is 6.40. The van der Waals surface area contributed by atoms with Gasteiger partial charge in [-0.2, -0.15) is 0 Å².